The lowest BCUT2D eigenvalue weighted by atomic mass is 9.95. The molecule has 6 nitrogen and oxygen atoms in total. The highest BCUT2D eigenvalue weighted by atomic mass is 14.8. The van der Waals surface area contributed by atoms with Crippen molar-refractivity contribution in [1.82, 2.24) is 29.9 Å². The Balaban J connectivity index is 1.16. The molecule has 52 heavy (non-hydrogen) atoms. The summed E-state index contributed by atoms with van der Waals surface area (Å²) < 4.78 is 0. The van der Waals surface area contributed by atoms with Crippen molar-refractivity contribution in [2.45, 2.75) is 0 Å². The molecule has 0 spiro atoms. The molecular weight excluding hydrogens is 637 g/mol. The topological polar surface area (TPSA) is 77.3 Å². The molecule has 0 radical (unpaired) electrons. The lowest BCUT2D eigenvalue weighted by Crippen LogP contribution is -1.95. The SMILES string of the molecule is c1ccc(-c2ccc3ccc4c(ncc5c6ccccc6nc(-c6ccc(-c7cc(-c8ccccn8)nc(-c8ccccn8)c7)cc6)c54)c3n2)cc1. The predicted octanol–water partition coefficient (Wildman–Crippen LogP) is 11.0. The second-order valence-corrected chi connectivity index (χ2v) is 12.8. The van der Waals surface area contributed by atoms with Crippen molar-refractivity contribution in [2.75, 3.05) is 0 Å². The van der Waals surface area contributed by atoms with E-state index in [0.717, 1.165) is 99.9 Å². The van der Waals surface area contributed by atoms with Crippen LogP contribution in [0.1, 0.15) is 0 Å². The Kier molecular flexibility index (Phi) is 7.03. The lowest BCUT2D eigenvalue weighted by molar-refractivity contribution is 1.22. The minimum atomic E-state index is 0.792. The fraction of sp³-hybridized carbons (Fsp3) is 0. The Morgan fingerprint density at radius 1 is 0.346 bits per heavy atom. The summed E-state index contributed by atoms with van der Waals surface area (Å²) in [7, 11) is 0. The van der Waals surface area contributed by atoms with Crippen molar-refractivity contribution in [3.8, 4) is 56.4 Å². The van der Waals surface area contributed by atoms with Crippen LogP contribution in [-0.4, -0.2) is 29.9 Å². The third-order valence-electron chi connectivity index (χ3n) is 9.60. The summed E-state index contributed by atoms with van der Waals surface area (Å²) in [5, 5.41) is 5.26. The maximum absolute atomic E-state index is 5.30. The quantitative estimate of drug-likeness (QED) is 0.170. The molecule has 6 aromatic heterocycles. The van der Waals surface area contributed by atoms with Crippen molar-refractivity contribution in [3.05, 3.63) is 170 Å². The molecule has 10 rings (SSSR count). The van der Waals surface area contributed by atoms with Gasteiger partial charge in [0.05, 0.1) is 50.7 Å². The van der Waals surface area contributed by atoms with E-state index in [1.165, 1.54) is 0 Å². The first kappa shape index (κ1) is 29.7. The number of para-hydroxylation sites is 1. The van der Waals surface area contributed by atoms with Crippen LogP contribution in [-0.2, 0) is 0 Å². The zero-order chi connectivity index (χ0) is 34.4. The number of nitrogens with zero attached hydrogens (tertiary/aromatic N) is 6. The highest BCUT2D eigenvalue weighted by Crippen LogP contribution is 2.39. The third kappa shape index (κ3) is 5.13. The van der Waals surface area contributed by atoms with Gasteiger partial charge < -0.3 is 0 Å². The van der Waals surface area contributed by atoms with Crippen molar-refractivity contribution in [3.63, 3.8) is 0 Å². The molecule has 0 saturated heterocycles. The number of benzene rings is 4. The van der Waals surface area contributed by atoms with Gasteiger partial charge in [-0.15, -0.1) is 0 Å². The lowest BCUT2D eigenvalue weighted by Gasteiger charge is -2.14. The molecule has 4 aromatic carbocycles. The van der Waals surface area contributed by atoms with Gasteiger partial charge >= 0.3 is 0 Å². The molecule has 0 bridgehead atoms. The first-order chi connectivity index (χ1) is 25.8. The highest BCUT2D eigenvalue weighted by Gasteiger charge is 2.17. The summed E-state index contributed by atoms with van der Waals surface area (Å²) >= 11 is 0. The van der Waals surface area contributed by atoms with Crippen LogP contribution in [0.25, 0.3) is 99.9 Å². The van der Waals surface area contributed by atoms with Gasteiger partial charge in [-0.25, -0.2) is 15.0 Å². The summed E-state index contributed by atoms with van der Waals surface area (Å²) in [6.45, 7) is 0. The van der Waals surface area contributed by atoms with Gasteiger partial charge in [0.1, 0.15) is 0 Å². The predicted molar refractivity (Wildman–Crippen MR) is 210 cm³/mol. The molecular formula is C46H28N6. The smallest absolute Gasteiger partial charge is 0.0972 e. The van der Waals surface area contributed by atoms with Gasteiger partial charge in [-0.05, 0) is 59.7 Å². The maximum atomic E-state index is 5.30. The summed E-state index contributed by atoms with van der Waals surface area (Å²) in [5.41, 5.74) is 11.9. The van der Waals surface area contributed by atoms with Crippen molar-refractivity contribution in [1.29, 1.82) is 0 Å². The molecule has 0 amide bonds. The second-order valence-electron chi connectivity index (χ2n) is 12.8. The summed E-state index contributed by atoms with van der Waals surface area (Å²) in [5.74, 6) is 0. The van der Waals surface area contributed by atoms with E-state index >= 15 is 0 Å². The van der Waals surface area contributed by atoms with E-state index in [2.05, 4.69) is 101 Å². The van der Waals surface area contributed by atoms with Gasteiger partial charge in [0, 0.05) is 56.6 Å². The summed E-state index contributed by atoms with van der Waals surface area (Å²) in [6, 6.07) is 51.6. The first-order valence-electron chi connectivity index (χ1n) is 17.2. The van der Waals surface area contributed by atoms with Crippen LogP contribution in [0.3, 0.4) is 0 Å². The fourth-order valence-corrected chi connectivity index (χ4v) is 7.07. The summed E-state index contributed by atoms with van der Waals surface area (Å²) in [6.07, 6.45) is 5.57. The number of fused-ring (bicyclic) bond motifs is 7. The summed E-state index contributed by atoms with van der Waals surface area (Å²) in [4.78, 5) is 29.7. The molecule has 0 aliphatic heterocycles. The van der Waals surface area contributed by atoms with E-state index < -0.39 is 0 Å². The molecule has 0 saturated carbocycles. The molecule has 10 aromatic rings. The molecule has 6 heteroatoms. The van der Waals surface area contributed by atoms with E-state index in [-0.39, 0.29) is 0 Å². The van der Waals surface area contributed by atoms with E-state index in [1.807, 2.05) is 66.9 Å². The van der Waals surface area contributed by atoms with Crippen LogP contribution >= 0.6 is 0 Å². The standard InChI is InChI=1S/C46H28N6/c1-2-10-30(11-3-1)37-23-21-32-20-22-35-43-36(28-49-46(35)45(32)51-37)34-12-4-5-13-38(34)52-44(43)31-18-16-29(17-19-31)33-26-41(39-14-6-8-24-47-39)50-42(27-33)40-15-7-9-25-48-40/h1-28H. The van der Waals surface area contributed by atoms with Gasteiger partial charge in [-0.1, -0.05) is 103 Å². The number of rotatable bonds is 5. The van der Waals surface area contributed by atoms with E-state index in [4.69, 9.17) is 19.9 Å². The second kappa shape index (κ2) is 12.3. The largest absolute Gasteiger partial charge is 0.255 e. The minimum Gasteiger partial charge on any atom is -0.255 e. The van der Waals surface area contributed by atoms with Gasteiger partial charge in [0.25, 0.3) is 0 Å². The Hall–Kier alpha value is -7.18. The van der Waals surface area contributed by atoms with Gasteiger partial charge in [-0.2, -0.15) is 0 Å². The van der Waals surface area contributed by atoms with Crippen LogP contribution in [0.4, 0.5) is 0 Å². The molecule has 242 valence electrons. The fourth-order valence-electron chi connectivity index (χ4n) is 7.07. The molecule has 0 unspecified atom stereocenters. The Labute approximate surface area is 299 Å². The number of aromatic nitrogens is 6. The van der Waals surface area contributed by atoms with Crippen LogP contribution in [0.15, 0.2) is 170 Å². The zero-order valence-corrected chi connectivity index (χ0v) is 27.8. The maximum Gasteiger partial charge on any atom is 0.0972 e. The molecule has 0 N–H and O–H groups in total. The van der Waals surface area contributed by atoms with Crippen molar-refractivity contribution >= 4 is 43.5 Å². The van der Waals surface area contributed by atoms with Gasteiger partial charge in [-0.3, -0.25) is 15.0 Å². The first-order valence-corrected chi connectivity index (χ1v) is 17.2. The molecule has 0 aliphatic carbocycles. The van der Waals surface area contributed by atoms with E-state index in [9.17, 15) is 0 Å². The van der Waals surface area contributed by atoms with E-state index in [1.54, 1.807) is 12.4 Å². The van der Waals surface area contributed by atoms with Crippen molar-refractivity contribution < 1.29 is 0 Å². The number of pyridine rings is 6. The molecule has 0 fully saturated rings. The average Bonchev–Trinajstić information content (AvgIpc) is 3.23. The Morgan fingerprint density at radius 3 is 1.75 bits per heavy atom. The molecule has 0 aliphatic rings. The number of hydrogen-bond acceptors (Lipinski definition) is 6. The van der Waals surface area contributed by atoms with Crippen molar-refractivity contribution in [2.24, 2.45) is 0 Å². The number of hydrogen-bond donors (Lipinski definition) is 0. The van der Waals surface area contributed by atoms with E-state index in [0.29, 0.717) is 0 Å². The highest BCUT2D eigenvalue weighted by molar-refractivity contribution is 6.23. The molecule has 0 atom stereocenters. The Bertz CT molecular complexity index is 2870. The Morgan fingerprint density at radius 2 is 1.02 bits per heavy atom. The normalized spacial score (nSPS) is 11.5. The van der Waals surface area contributed by atoms with Gasteiger partial charge in [0.15, 0.2) is 0 Å². The average molecular weight is 665 g/mol. The third-order valence-corrected chi connectivity index (χ3v) is 9.60. The van der Waals surface area contributed by atoms with Gasteiger partial charge in [0.2, 0.25) is 0 Å². The molecule has 6 heterocycles. The van der Waals surface area contributed by atoms with Crippen LogP contribution in [0.2, 0.25) is 0 Å². The minimum absolute atomic E-state index is 0.792. The van der Waals surface area contributed by atoms with Crippen LogP contribution < -0.4 is 0 Å². The zero-order valence-electron chi connectivity index (χ0n) is 27.8. The monoisotopic (exact) mass is 664 g/mol. The van der Waals surface area contributed by atoms with Crippen LogP contribution in [0.5, 0.6) is 0 Å². The van der Waals surface area contributed by atoms with Crippen LogP contribution in [0, 0.1) is 0 Å².